The van der Waals surface area contributed by atoms with Crippen molar-refractivity contribution in [2.75, 3.05) is 0 Å². The zero-order chi connectivity index (χ0) is 30.2. The van der Waals surface area contributed by atoms with Crippen LogP contribution in [0.1, 0.15) is 55.4 Å². The molecule has 0 bridgehead atoms. The van der Waals surface area contributed by atoms with Gasteiger partial charge in [0.05, 0.1) is 0 Å². The molecule has 220 valence electrons. The predicted molar refractivity (Wildman–Crippen MR) is 181 cm³/mol. The molecule has 0 N–H and O–H groups in total. The van der Waals surface area contributed by atoms with E-state index in [1.165, 1.54) is 0 Å². The van der Waals surface area contributed by atoms with Crippen molar-refractivity contribution in [3.05, 3.63) is 86.7 Å². The summed E-state index contributed by atoms with van der Waals surface area (Å²) in [6.07, 6.45) is 0. The van der Waals surface area contributed by atoms with Gasteiger partial charge in [0.2, 0.25) is 0 Å². The number of hydrogen-bond acceptors (Lipinski definition) is 2. The van der Waals surface area contributed by atoms with Gasteiger partial charge in [-0.3, -0.25) is 9.98 Å². The molecule has 2 aromatic carbocycles. The average Bonchev–Trinajstić information content (AvgIpc) is 3.06. The van der Waals surface area contributed by atoms with Crippen molar-refractivity contribution < 1.29 is 32.7 Å². The number of nitrogens with zero attached hydrogens (tertiary/aromatic N) is 5. The van der Waals surface area contributed by atoms with Gasteiger partial charge < -0.3 is 15.3 Å². The summed E-state index contributed by atoms with van der Waals surface area (Å²) in [5.41, 5.74) is 1.95. The Morgan fingerprint density at radius 3 is 1.02 bits per heavy atom. The summed E-state index contributed by atoms with van der Waals surface area (Å²) in [6.45, 7) is 30.4. The fourth-order valence-electron chi connectivity index (χ4n) is 3.61. The Hall–Kier alpha value is -1.12. The minimum atomic E-state index is -1.11. The largest absolute Gasteiger partial charge is 3.00 e. The van der Waals surface area contributed by atoms with Crippen LogP contribution in [0.5, 0.6) is 0 Å². The molecule has 0 saturated carbocycles. The Morgan fingerprint density at radius 1 is 0.500 bits per heavy atom. The number of rotatable bonds is 8. The Balaban J connectivity index is 0. The summed E-state index contributed by atoms with van der Waals surface area (Å²) < 4.78 is 4.82. The van der Waals surface area contributed by atoms with E-state index in [4.69, 9.17) is 4.65 Å². The third kappa shape index (κ3) is 23.6. The summed E-state index contributed by atoms with van der Waals surface area (Å²) in [6, 6.07) is 21.3. The topological polar surface area (TPSA) is 67.0 Å². The van der Waals surface area contributed by atoms with Crippen molar-refractivity contribution in [2.24, 2.45) is 9.98 Å². The van der Waals surface area contributed by atoms with E-state index in [1.54, 1.807) is 0 Å². The second kappa shape index (κ2) is 20.7. The zero-order valence-corrected chi connectivity index (χ0v) is 32.7. The second-order valence-electron chi connectivity index (χ2n) is 12.7. The molecule has 0 saturated heterocycles. The second-order valence-corrected chi connectivity index (χ2v) is 22.3. The molecule has 2 aromatic rings. The molecule has 0 spiro atoms. The zero-order valence-electron chi connectivity index (χ0n) is 27.9. The maximum absolute atomic E-state index is 4.82. The molecule has 8 heteroatoms. The fraction of sp³-hybridized carbons (Fsp3) is 0.562. The first-order valence-corrected chi connectivity index (χ1v) is 21.2. The molecule has 0 atom stereocenters. The molecule has 0 aliphatic heterocycles. The summed E-state index contributed by atoms with van der Waals surface area (Å²) in [4.78, 5) is 9.12. The van der Waals surface area contributed by atoms with Gasteiger partial charge in [0.1, 0.15) is 0 Å². The summed E-state index contributed by atoms with van der Waals surface area (Å²) >= 11 is 0. The maximum atomic E-state index is 4.82. The Labute approximate surface area is 274 Å². The van der Waals surface area contributed by atoms with Gasteiger partial charge in [-0.15, -0.1) is 23.5 Å². The molecule has 0 aliphatic carbocycles. The van der Waals surface area contributed by atoms with Gasteiger partial charge in [0.25, 0.3) is 0 Å². The van der Waals surface area contributed by atoms with Crippen LogP contribution in [0.3, 0.4) is 0 Å². The summed E-state index contributed by atoms with van der Waals surface area (Å²) in [7, 11) is -2.21. The van der Waals surface area contributed by atoms with Gasteiger partial charge in [-0.05, 0) is 39.8 Å². The van der Waals surface area contributed by atoms with Crippen LogP contribution < -0.4 is 10.7 Å². The average molecular weight is 656 g/mol. The van der Waals surface area contributed by atoms with Gasteiger partial charge in [0, 0.05) is 22.8 Å². The molecule has 2 rings (SSSR count). The normalized spacial score (nSPS) is 12.3. The van der Waals surface area contributed by atoms with Crippen molar-refractivity contribution in [3.63, 3.8) is 0 Å². The molecule has 5 nitrogen and oxygen atoms in total. The summed E-state index contributed by atoms with van der Waals surface area (Å²) in [5.74, 6) is 0. The summed E-state index contributed by atoms with van der Waals surface area (Å²) in [5, 5.41) is 11.1. The van der Waals surface area contributed by atoms with Crippen molar-refractivity contribution in [1.82, 2.24) is 0 Å². The Morgan fingerprint density at radius 2 is 0.800 bits per heavy atom. The van der Waals surface area contributed by atoms with Gasteiger partial charge in [-0.1, -0.05) is 132 Å². The smallest absolute Gasteiger partial charge is 0.680 e. The monoisotopic (exact) mass is 655 g/mol. The minimum Gasteiger partial charge on any atom is -0.680 e. The van der Waals surface area contributed by atoms with Gasteiger partial charge >= 0.3 is 32.7 Å². The molecule has 0 fully saturated rings. The molecule has 0 radical (unpaired) electrons. The van der Waals surface area contributed by atoms with E-state index in [1.807, 2.05) is 60.7 Å². The molecule has 40 heavy (non-hydrogen) atoms. The molecule has 0 heterocycles. The van der Waals surface area contributed by atoms with Crippen molar-refractivity contribution in [2.45, 2.75) is 119 Å². The Bertz CT molecular complexity index is 1000. The number of hydrogen-bond donors (Lipinski definition) is 0. The first kappa shape index (κ1) is 41.0. The fourth-order valence-corrected chi connectivity index (χ4v) is 11.7. The third-order valence-corrected chi connectivity index (χ3v) is 9.61. The molecular formula is C32H56N5Si2Y. The van der Waals surface area contributed by atoms with Crippen LogP contribution in [0.15, 0.2) is 70.6 Å². The quantitative estimate of drug-likeness (QED) is 0.254. The van der Waals surface area contributed by atoms with E-state index >= 15 is 0 Å². The van der Waals surface area contributed by atoms with E-state index in [0.717, 1.165) is 22.1 Å². The molecule has 0 aromatic heterocycles. The van der Waals surface area contributed by atoms with E-state index in [-0.39, 0.29) is 32.7 Å². The van der Waals surface area contributed by atoms with Crippen LogP contribution in [0.25, 0.3) is 15.3 Å². The van der Waals surface area contributed by atoms with Gasteiger partial charge in [-0.2, -0.15) is 0 Å². The van der Waals surface area contributed by atoms with Gasteiger partial charge in [0.15, 0.2) is 0 Å². The van der Waals surface area contributed by atoms with E-state index < -0.39 is 16.5 Å². The molecule has 0 unspecified atom stereocenters. The van der Waals surface area contributed by atoms with Gasteiger partial charge in [-0.25, -0.2) is 0 Å². The van der Waals surface area contributed by atoms with E-state index in [0.29, 0.717) is 24.2 Å². The SMILES string of the molecule is CC(C)N=c1cccccc1[N-]C(C)C.CC(C)N=c1cccccc1[N-]C(C)C.C[Si](C)(C)[N-][Si](C)(C)C.[Y+3]. The first-order valence-electron chi connectivity index (χ1n) is 14.3. The van der Waals surface area contributed by atoms with E-state index in [2.05, 4.69) is 115 Å². The first-order chi connectivity index (χ1) is 17.9. The Kier molecular flexibility index (Phi) is 21.2. The van der Waals surface area contributed by atoms with Crippen LogP contribution in [0.2, 0.25) is 39.3 Å². The van der Waals surface area contributed by atoms with E-state index in [9.17, 15) is 0 Å². The van der Waals surface area contributed by atoms with Crippen LogP contribution in [-0.4, -0.2) is 40.6 Å². The predicted octanol–water partition coefficient (Wildman–Crippen LogP) is 9.85. The molecule has 0 amide bonds. The standard InChI is InChI=1S/2C13H19N2.C6H18NSi2.Y/c2*1-10(2)14-12-8-6-5-7-9-13(12)15-11(3)4;1-8(2,3)7-9(4,5)6;/h2*5-11H,1-4H3;1-6H3;/q3*-1;+3. The van der Waals surface area contributed by atoms with Crippen LogP contribution in [-0.2, 0) is 32.7 Å². The van der Waals surface area contributed by atoms with Crippen LogP contribution in [0.4, 0.5) is 11.4 Å². The van der Waals surface area contributed by atoms with Crippen molar-refractivity contribution >= 4 is 27.8 Å². The van der Waals surface area contributed by atoms with Crippen LogP contribution >= 0.6 is 0 Å². The third-order valence-electron chi connectivity index (χ3n) is 4.25. The molecule has 0 aliphatic rings. The maximum Gasteiger partial charge on any atom is 3.00 e. The molecular weight excluding hydrogens is 599 g/mol. The van der Waals surface area contributed by atoms with Crippen LogP contribution in [0, 0.1) is 0 Å². The minimum absolute atomic E-state index is 0. The van der Waals surface area contributed by atoms with Crippen molar-refractivity contribution in [3.8, 4) is 0 Å². The van der Waals surface area contributed by atoms with Crippen molar-refractivity contribution in [1.29, 1.82) is 0 Å².